The molecule has 0 bridgehead atoms. The van der Waals surface area contributed by atoms with Gasteiger partial charge in [-0.3, -0.25) is 0 Å². The van der Waals surface area contributed by atoms with Crippen molar-refractivity contribution < 1.29 is 17.5 Å². The molecule has 2 saturated heterocycles. The summed E-state index contributed by atoms with van der Waals surface area (Å²) in [7, 11) is -4.23. The number of hydrogen-bond acceptors (Lipinski definition) is 7. The molecule has 3 aromatic rings. The molecule has 2 fully saturated rings. The molecule has 0 radical (unpaired) electrons. The fourth-order valence-corrected chi connectivity index (χ4v) is 6.37. The first-order valence-corrected chi connectivity index (χ1v) is 11.8. The monoisotopic (exact) mass is 445 g/mol. The zero-order valence-electron chi connectivity index (χ0n) is 17.1. The van der Waals surface area contributed by atoms with Gasteiger partial charge in [0.15, 0.2) is 0 Å². The smallest absolute Gasteiger partial charge is 0.215 e. The van der Waals surface area contributed by atoms with Gasteiger partial charge in [-0.25, -0.2) is 22.8 Å². The van der Waals surface area contributed by atoms with E-state index in [2.05, 4.69) is 20.3 Å². The number of nitrogens with zero attached hydrogens (tertiary/aromatic N) is 2. The fourth-order valence-electron chi connectivity index (χ4n) is 4.82. The van der Waals surface area contributed by atoms with E-state index < -0.39 is 20.5 Å². The molecule has 0 saturated carbocycles. The number of rotatable bonds is 3. The predicted octanol–water partition coefficient (Wildman–Crippen LogP) is 2.45. The third-order valence-corrected chi connectivity index (χ3v) is 8.11. The summed E-state index contributed by atoms with van der Waals surface area (Å²) in [5, 5.41) is 3.36. The Morgan fingerprint density at radius 3 is 2.84 bits per heavy atom. The highest BCUT2D eigenvalue weighted by atomic mass is 32.2. The highest BCUT2D eigenvalue weighted by Gasteiger charge is 2.42. The van der Waals surface area contributed by atoms with Crippen molar-refractivity contribution in [3.63, 3.8) is 0 Å². The van der Waals surface area contributed by atoms with E-state index in [1.807, 2.05) is 0 Å². The summed E-state index contributed by atoms with van der Waals surface area (Å²) in [6, 6.07) is 5.26. The first kappa shape index (κ1) is 20.3. The van der Waals surface area contributed by atoms with Gasteiger partial charge in [-0.15, -0.1) is 0 Å². The van der Waals surface area contributed by atoms with Gasteiger partial charge in [0.05, 0.1) is 16.8 Å². The van der Waals surface area contributed by atoms with Crippen LogP contribution in [0.4, 0.5) is 10.2 Å². The molecular formula is C21H24FN5O3S. The van der Waals surface area contributed by atoms with Gasteiger partial charge in [0.2, 0.25) is 9.84 Å². The van der Waals surface area contributed by atoms with Gasteiger partial charge < -0.3 is 20.8 Å². The molecule has 2 unspecified atom stereocenters. The Kier molecular flexibility index (Phi) is 4.76. The van der Waals surface area contributed by atoms with Crippen LogP contribution in [-0.2, 0) is 14.6 Å². The lowest BCUT2D eigenvalue weighted by Crippen LogP contribution is -2.41. The number of sulfone groups is 1. The number of nitrogens with two attached hydrogens (primary N) is 1. The Balaban J connectivity index is 1.66. The van der Waals surface area contributed by atoms with Crippen molar-refractivity contribution in [2.75, 3.05) is 25.4 Å². The van der Waals surface area contributed by atoms with E-state index >= 15 is 0 Å². The van der Waals surface area contributed by atoms with Gasteiger partial charge in [-0.1, -0.05) is 12.1 Å². The Labute approximate surface area is 179 Å². The molecule has 1 spiro atoms. The molecule has 164 valence electrons. The van der Waals surface area contributed by atoms with E-state index in [9.17, 15) is 12.8 Å². The number of hydrogen-bond donors (Lipinski definition) is 3. The molecule has 4 N–H and O–H groups in total. The van der Waals surface area contributed by atoms with Crippen LogP contribution in [0.25, 0.3) is 11.0 Å². The van der Waals surface area contributed by atoms with Gasteiger partial charge >= 0.3 is 0 Å². The quantitative estimate of drug-likeness (QED) is 0.566. The van der Waals surface area contributed by atoms with Crippen LogP contribution >= 0.6 is 0 Å². The number of aromatic amines is 1. The summed E-state index contributed by atoms with van der Waals surface area (Å²) in [5.74, 6) is -0.387. The average Bonchev–Trinajstić information content (AvgIpc) is 3.31. The van der Waals surface area contributed by atoms with Crippen LogP contribution in [0.3, 0.4) is 0 Å². The molecule has 5 rings (SSSR count). The Morgan fingerprint density at radius 2 is 2.10 bits per heavy atom. The minimum absolute atomic E-state index is 0.0660. The summed E-state index contributed by atoms with van der Waals surface area (Å²) in [6.07, 6.45) is 2.47. The van der Waals surface area contributed by atoms with Crippen molar-refractivity contribution in [2.45, 2.75) is 47.5 Å². The van der Waals surface area contributed by atoms with E-state index in [-0.39, 0.29) is 27.7 Å². The molecule has 0 aliphatic carbocycles. The molecule has 10 heteroatoms. The maximum atomic E-state index is 14.3. The van der Waals surface area contributed by atoms with Crippen molar-refractivity contribution in [1.82, 2.24) is 20.3 Å². The lowest BCUT2D eigenvalue weighted by atomic mass is 9.83. The minimum Gasteiger partial charge on any atom is -0.384 e. The highest BCUT2D eigenvalue weighted by Crippen LogP contribution is 2.42. The number of halogens is 1. The number of aromatic nitrogens is 3. The second-order valence-corrected chi connectivity index (χ2v) is 10.2. The van der Waals surface area contributed by atoms with E-state index in [1.165, 1.54) is 18.2 Å². The molecule has 2 aromatic heterocycles. The van der Waals surface area contributed by atoms with Gasteiger partial charge in [-0.2, -0.15) is 0 Å². The van der Waals surface area contributed by atoms with Gasteiger partial charge in [0, 0.05) is 19.1 Å². The maximum Gasteiger partial charge on any atom is 0.215 e. The normalized spacial score (nSPS) is 24.3. The van der Waals surface area contributed by atoms with Crippen LogP contribution in [-0.4, -0.2) is 48.7 Å². The highest BCUT2D eigenvalue weighted by molar-refractivity contribution is 7.92. The van der Waals surface area contributed by atoms with Crippen LogP contribution in [0.5, 0.6) is 0 Å². The number of fused-ring (bicyclic) bond motifs is 1. The third-order valence-electron chi connectivity index (χ3n) is 6.25. The van der Waals surface area contributed by atoms with Gasteiger partial charge in [-0.05, 0) is 44.9 Å². The second-order valence-electron chi connectivity index (χ2n) is 8.33. The first-order valence-electron chi connectivity index (χ1n) is 10.3. The van der Waals surface area contributed by atoms with Crippen molar-refractivity contribution in [2.24, 2.45) is 0 Å². The van der Waals surface area contributed by atoms with Crippen LogP contribution in [0.1, 0.15) is 36.7 Å². The van der Waals surface area contributed by atoms with Crippen LogP contribution in [0.15, 0.2) is 34.1 Å². The number of anilines is 1. The average molecular weight is 446 g/mol. The van der Waals surface area contributed by atoms with E-state index in [1.54, 1.807) is 6.92 Å². The van der Waals surface area contributed by atoms with Crippen LogP contribution in [0.2, 0.25) is 0 Å². The number of nitrogen functional groups attached to an aromatic ring is 1. The largest absolute Gasteiger partial charge is 0.384 e. The van der Waals surface area contributed by atoms with Gasteiger partial charge in [0.25, 0.3) is 0 Å². The molecular weight excluding hydrogens is 421 g/mol. The van der Waals surface area contributed by atoms with Crippen molar-refractivity contribution >= 4 is 26.7 Å². The lowest BCUT2D eigenvalue weighted by molar-refractivity contribution is -0.0715. The molecule has 1 aromatic carbocycles. The molecule has 8 nitrogen and oxygen atoms in total. The standard InChI is InChI=1S/C21H24FN5O3S/c1-12-25-16(13-6-9-30-21(10-13)7-8-24-11-21)17-18(26-12)19(20(23)27-17)31(28,29)15-5-3-2-4-14(15)22/h2-5,13,24,27H,6-11,23H2,1H3. The SMILES string of the molecule is Cc1nc(C2CCOC3(CCNC3)C2)c2[nH]c(N)c(S(=O)(=O)c3ccccc3F)c2n1. The summed E-state index contributed by atoms with van der Waals surface area (Å²) < 4.78 is 47.1. The van der Waals surface area contributed by atoms with E-state index in [0.717, 1.165) is 44.1 Å². The number of nitrogens with one attached hydrogen (secondary N) is 2. The van der Waals surface area contributed by atoms with Crippen molar-refractivity contribution in [3.8, 4) is 0 Å². The fraction of sp³-hybridized carbons (Fsp3) is 0.429. The second kappa shape index (κ2) is 7.25. The Hall–Kier alpha value is -2.56. The summed E-state index contributed by atoms with van der Waals surface area (Å²) in [4.78, 5) is 11.4. The molecule has 4 heterocycles. The maximum absolute atomic E-state index is 14.3. The molecule has 0 amide bonds. The topological polar surface area (TPSA) is 123 Å². The summed E-state index contributed by atoms with van der Waals surface area (Å²) in [6.45, 7) is 4.02. The van der Waals surface area contributed by atoms with Crippen molar-refractivity contribution in [1.29, 1.82) is 0 Å². The first-order chi connectivity index (χ1) is 14.8. The van der Waals surface area contributed by atoms with Crippen molar-refractivity contribution in [3.05, 3.63) is 41.6 Å². The van der Waals surface area contributed by atoms with Crippen LogP contribution in [0, 0.1) is 12.7 Å². The Bertz CT molecular complexity index is 1270. The van der Waals surface area contributed by atoms with E-state index in [4.69, 9.17) is 10.5 Å². The zero-order valence-corrected chi connectivity index (χ0v) is 17.9. The third kappa shape index (κ3) is 3.29. The van der Waals surface area contributed by atoms with Gasteiger partial charge in [0.1, 0.15) is 32.8 Å². The lowest BCUT2D eigenvalue weighted by Gasteiger charge is -2.37. The molecule has 2 aliphatic heterocycles. The predicted molar refractivity (Wildman–Crippen MR) is 113 cm³/mol. The molecule has 2 aliphatic rings. The van der Waals surface area contributed by atoms with Crippen LogP contribution < -0.4 is 11.1 Å². The number of ether oxygens (including phenoxy) is 1. The molecule has 31 heavy (non-hydrogen) atoms. The zero-order chi connectivity index (χ0) is 21.8. The number of benzene rings is 1. The number of H-pyrrole nitrogens is 1. The Morgan fingerprint density at radius 1 is 1.29 bits per heavy atom. The minimum atomic E-state index is -4.23. The molecule has 2 atom stereocenters. The van der Waals surface area contributed by atoms with E-state index in [0.29, 0.717) is 17.9 Å². The number of aryl methyl sites for hydroxylation is 1. The summed E-state index contributed by atoms with van der Waals surface area (Å²) in [5.41, 5.74) is 7.33. The summed E-state index contributed by atoms with van der Waals surface area (Å²) >= 11 is 0.